The van der Waals surface area contributed by atoms with E-state index >= 15 is 0 Å². The summed E-state index contributed by atoms with van der Waals surface area (Å²) < 4.78 is 43.5. The summed E-state index contributed by atoms with van der Waals surface area (Å²) in [5.41, 5.74) is 1.92. The molecule has 0 aliphatic heterocycles. The van der Waals surface area contributed by atoms with E-state index in [1.165, 1.54) is 12.1 Å². The van der Waals surface area contributed by atoms with Crippen LogP contribution in [0.15, 0.2) is 54.6 Å². The number of hydrogen-bond acceptors (Lipinski definition) is 4. The van der Waals surface area contributed by atoms with E-state index in [-0.39, 0.29) is 13.0 Å². The lowest BCUT2D eigenvalue weighted by atomic mass is 10.0. The summed E-state index contributed by atoms with van der Waals surface area (Å²) >= 11 is 0. The number of nitrogens with one attached hydrogen (secondary N) is 2. The van der Waals surface area contributed by atoms with Gasteiger partial charge >= 0.3 is 12.3 Å². The fraction of sp³-hybridized carbons (Fsp3) is 0.364. The van der Waals surface area contributed by atoms with Gasteiger partial charge in [0.05, 0.1) is 12.2 Å². The molecule has 2 aromatic carbocycles. The van der Waals surface area contributed by atoms with Crippen molar-refractivity contribution in [2.45, 2.75) is 51.6 Å². The molecule has 2 rings (SSSR count). The van der Waals surface area contributed by atoms with Crippen molar-refractivity contribution in [1.29, 1.82) is 0 Å². The van der Waals surface area contributed by atoms with Crippen LogP contribution in [0.1, 0.15) is 37.5 Å². The minimum Gasteiger partial charge on any atom is -0.444 e. The Kier molecular flexibility index (Phi) is 8.04. The van der Waals surface area contributed by atoms with Gasteiger partial charge in [-0.05, 0) is 44.0 Å². The van der Waals surface area contributed by atoms with Gasteiger partial charge in [-0.1, -0.05) is 42.5 Å². The number of amides is 2. The highest BCUT2D eigenvalue weighted by Crippen LogP contribution is 2.29. The summed E-state index contributed by atoms with van der Waals surface area (Å²) in [5, 5.41) is 2.44. The third-order valence-corrected chi connectivity index (χ3v) is 3.98. The van der Waals surface area contributed by atoms with Gasteiger partial charge in [0.2, 0.25) is 0 Å². The molecule has 6 nitrogen and oxygen atoms in total. The first-order valence-electron chi connectivity index (χ1n) is 9.55. The monoisotopic (exact) mass is 438 g/mol. The smallest absolute Gasteiger partial charge is 0.416 e. The summed E-state index contributed by atoms with van der Waals surface area (Å²) in [5.74, 6) is -0.665. The lowest BCUT2D eigenvalue weighted by Gasteiger charge is -2.23. The predicted octanol–water partition coefficient (Wildman–Crippen LogP) is 4.39. The number of alkyl carbamates (subject to hydrolysis) is 1. The topological polar surface area (TPSA) is 76.7 Å². The summed E-state index contributed by atoms with van der Waals surface area (Å²) in [6.45, 7) is 5.10. The molecule has 0 spiro atoms. The van der Waals surface area contributed by atoms with E-state index in [1.807, 2.05) is 30.3 Å². The first kappa shape index (κ1) is 24.2. The van der Waals surface area contributed by atoms with Crippen LogP contribution in [0.2, 0.25) is 0 Å². The first-order chi connectivity index (χ1) is 14.4. The fourth-order valence-corrected chi connectivity index (χ4v) is 2.56. The fourth-order valence-electron chi connectivity index (χ4n) is 2.56. The van der Waals surface area contributed by atoms with E-state index in [4.69, 9.17) is 9.57 Å². The SMILES string of the molecule is CC(C)(C)OC(=O)N[C@@H](Cc1ccc(C(F)(F)F)cc1)C(=O)NOCc1ccccc1. The number of carbonyl (C=O) groups excluding carboxylic acids is 2. The Labute approximate surface area is 178 Å². The maximum Gasteiger partial charge on any atom is 0.416 e. The van der Waals surface area contributed by atoms with Gasteiger partial charge in [0.25, 0.3) is 5.91 Å². The van der Waals surface area contributed by atoms with Crippen molar-refractivity contribution in [1.82, 2.24) is 10.8 Å². The highest BCUT2D eigenvalue weighted by atomic mass is 19.4. The molecule has 0 aliphatic carbocycles. The molecule has 31 heavy (non-hydrogen) atoms. The van der Waals surface area contributed by atoms with Crippen molar-refractivity contribution in [3.05, 3.63) is 71.3 Å². The van der Waals surface area contributed by atoms with Crippen LogP contribution < -0.4 is 10.8 Å². The molecule has 168 valence electrons. The lowest BCUT2D eigenvalue weighted by molar-refractivity contribution is -0.138. The van der Waals surface area contributed by atoms with Crippen LogP contribution in [-0.4, -0.2) is 23.6 Å². The Bertz CT molecular complexity index is 863. The molecule has 0 aliphatic rings. The molecule has 2 aromatic rings. The van der Waals surface area contributed by atoms with E-state index in [0.29, 0.717) is 5.56 Å². The van der Waals surface area contributed by atoms with E-state index in [2.05, 4.69) is 10.8 Å². The molecule has 0 unspecified atom stereocenters. The third-order valence-electron chi connectivity index (χ3n) is 3.98. The van der Waals surface area contributed by atoms with Crippen molar-refractivity contribution < 1.29 is 32.3 Å². The van der Waals surface area contributed by atoms with E-state index in [9.17, 15) is 22.8 Å². The zero-order valence-corrected chi connectivity index (χ0v) is 17.5. The second-order valence-corrected chi connectivity index (χ2v) is 7.84. The largest absolute Gasteiger partial charge is 0.444 e. The second kappa shape index (κ2) is 10.3. The van der Waals surface area contributed by atoms with Gasteiger partial charge in [-0.15, -0.1) is 0 Å². The summed E-state index contributed by atoms with van der Waals surface area (Å²) in [6.07, 6.45) is -5.35. The molecule has 2 N–H and O–H groups in total. The number of alkyl halides is 3. The summed E-state index contributed by atoms with van der Waals surface area (Å²) in [4.78, 5) is 29.9. The zero-order valence-electron chi connectivity index (χ0n) is 17.5. The molecule has 0 saturated heterocycles. The molecule has 0 radical (unpaired) electrons. The lowest BCUT2D eigenvalue weighted by Crippen LogP contribution is -2.49. The Balaban J connectivity index is 2.06. The molecular formula is C22H25F3N2O4. The van der Waals surface area contributed by atoms with Gasteiger partial charge in [-0.2, -0.15) is 13.2 Å². The van der Waals surface area contributed by atoms with E-state index < -0.39 is 35.4 Å². The highest BCUT2D eigenvalue weighted by Gasteiger charge is 2.30. The number of hydrogen-bond donors (Lipinski definition) is 2. The quantitative estimate of drug-likeness (QED) is 0.629. The average molecular weight is 438 g/mol. The van der Waals surface area contributed by atoms with Crippen LogP contribution in [0.25, 0.3) is 0 Å². The minimum absolute atomic E-state index is 0.0576. The third kappa shape index (κ3) is 8.67. The number of carbonyl (C=O) groups is 2. The Morgan fingerprint density at radius 1 is 0.935 bits per heavy atom. The normalized spacial score (nSPS) is 12.7. The summed E-state index contributed by atoms with van der Waals surface area (Å²) in [7, 11) is 0. The summed E-state index contributed by atoms with van der Waals surface area (Å²) in [6, 6.07) is 12.3. The molecular weight excluding hydrogens is 413 g/mol. The average Bonchev–Trinajstić information content (AvgIpc) is 2.66. The van der Waals surface area contributed by atoms with Crippen molar-refractivity contribution >= 4 is 12.0 Å². The number of hydroxylamine groups is 1. The van der Waals surface area contributed by atoms with Crippen molar-refractivity contribution in [2.24, 2.45) is 0 Å². The number of benzene rings is 2. The van der Waals surface area contributed by atoms with Crippen LogP contribution >= 0.6 is 0 Å². The molecule has 0 aromatic heterocycles. The number of rotatable bonds is 7. The molecule has 1 atom stereocenters. The van der Waals surface area contributed by atoms with Gasteiger partial charge < -0.3 is 10.1 Å². The maximum absolute atomic E-state index is 12.8. The van der Waals surface area contributed by atoms with Crippen LogP contribution in [0.3, 0.4) is 0 Å². The zero-order chi connectivity index (χ0) is 23.1. The predicted molar refractivity (Wildman–Crippen MR) is 108 cm³/mol. The number of halogens is 3. The van der Waals surface area contributed by atoms with Crippen LogP contribution in [0, 0.1) is 0 Å². The van der Waals surface area contributed by atoms with Crippen LogP contribution in [-0.2, 0) is 33.6 Å². The van der Waals surface area contributed by atoms with Gasteiger partial charge in [-0.25, -0.2) is 10.3 Å². The molecule has 9 heteroatoms. The molecule has 0 saturated carbocycles. The van der Waals surface area contributed by atoms with Gasteiger partial charge in [0.1, 0.15) is 11.6 Å². The van der Waals surface area contributed by atoms with E-state index in [0.717, 1.165) is 17.7 Å². The minimum atomic E-state index is -4.46. The second-order valence-electron chi connectivity index (χ2n) is 7.84. The Morgan fingerprint density at radius 3 is 2.10 bits per heavy atom. The molecule has 0 heterocycles. The van der Waals surface area contributed by atoms with Gasteiger partial charge in [-0.3, -0.25) is 9.63 Å². The van der Waals surface area contributed by atoms with Crippen molar-refractivity contribution in [2.75, 3.05) is 0 Å². The Hall–Kier alpha value is -3.07. The van der Waals surface area contributed by atoms with E-state index in [1.54, 1.807) is 20.8 Å². The van der Waals surface area contributed by atoms with Crippen molar-refractivity contribution in [3.63, 3.8) is 0 Å². The maximum atomic E-state index is 12.8. The van der Waals surface area contributed by atoms with Crippen LogP contribution in [0.4, 0.5) is 18.0 Å². The van der Waals surface area contributed by atoms with Crippen molar-refractivity contribution in [3.8, 4) is 0 Å². The molecule has 0 bridgehead atoms. The van der Waals surface area contributed by atoms with Gasteiger partial charge in [0.15, 0.2) is 0 Å². The number of ether oxygens (including phenoxy) is 1. The van der Waals surface area contributed by atoms with Crippen LogP contribution in [0.5, 0.6) is 0 Å². The highest BCUT2D eigenvalue weighted by molar-refractivity contribution is 5.85. The Morgan fingerprint density at radius 2 is 1.55 bits per heavy atom. The molecule has 0 fully saturated rings. The van der Waals surface area contributed by atoms with Gasteiger partial charge in [0, 0.05) is 6.42 Å². The first-order valence-corrected chi connectivity index (χ1v) is 9.55. The standard InChI is InChI=1S/C22H25F3N2O4/c1-21(2,3)31-20(29)26-18(13-15-9-11-17(12-10-15)22(23,24)25)19(28)27-30-14-16-7-5-4-6-8-16/h4-12,18H,13-14H2,1-3H3,(H,26,29)(H,27,28)/t18-/m0/s1. The molecule has 2 amide bonds.